The molecule has 2 heterocycles. The van der Waals surface area contributed by atoms with Gasteiger partial charge in [-0.1, -0.05) is 72.8 Å². The minimum absolute atomic E-state index is 0. The predicted octanol–water partition coefficient (Wildman–Crippen LogP) is 9.17. The number of thiazole rings is 2. The normalized spacial score (nSPS) is 10.9. The fourth-order valence-electron chi connectivity index (χ4n) is 3.72. The molecule has 0 unspecified atom stereocenters. The van der Waals surface area contributed by atoms with Crippen LogP contribution in [0.5, 0.6) is 0 Å². The summed E-state index contributed by atoms with van der Waals surface area (Å²) < 4.78 is 33.2. The number of aromatic nitrogens is 2. The van der Waals surface area contributed by atoms with Crippen LogP contribution in [0.3, 0.4) is 0 Å². The van der Waals surface area contributed by atoms with Crippen molar-refractivity contribution in [3.8, 4) is 21.1 Å². The van der Waals surface area contributed by atoms with Crippen molar-refractivity contribution in [2.24, 2.45) is 0 Å². The monoisotopic (exact) mass is 638 g/mol. The maximum absolute atomic E-state index is 11.4. The van der Waals surface area contributed by atoms with Crippen LogP contribution >= 0.6 is 34.6 Å². The SMILES string of the molecule is CS(=O)(=O)[N-]c1ccccc1-c1nc2ccccc2s1.CS[N-]c1ccccc1-c1nc2ccccc2s1.[Zn+2]. The number of benzene rings is 4. The first kappa shape index (κ1) is 29.2. The Balaban J connectivity index is 0.000000177. The van der Waals surface area contributed by atoms with Crippen LogP contribution < -0.4 is 0 Å². The summed E-state index contributed by atoms with van der Waals surface area (Å²) in [7, 11) is -3.44. The molecule has 11 heteroatoms. The Morgan fingerprint density at radius 1 is 0.667 bits per heavy atom. The van der Waals surface area contributed by atoms with Crippen molar-refractivity contribution in [1.29, 1.82) is 0 Å². The van der Waals surface area contributed by atoms with Crippen LogP contribution in [0.1, 0.15) is 0 Å². The topological polar surface area (TPSA) is 88.1 Å². The molecule has 0 aliphatic rings. The summed E-state index contributed by atoms with van der Waals surface area (Å²) in [5, 5.41) is 1.80. The fourth-order valence-corrected chi connectivity index (χ4v) is 6.59. The Morgan fingerprint density at radius 2 is 1.10 bits per heavy atom. The molecule has 0 fully saturated rings. The molecule has 0 aliphatic heterocycles. The maximum Gasteiger partial charge on any atom is 2.00 e. The van der Waals surface area contributed by atoms with Gasteiger partial charge in [0.15, 0.2) is 0 Å². The van der Waals surface area contributed by atoms with E-state index in [1.165, 1.54) is 28.0 Å². The summed E-state index contributed by atoms with van der Waals surface area (Å²) in [6.45, 7) is 0. The van der Waals surface area contributed by atoms with Gasteiger partial charge in [0.2, 0.25) is 0 Å². The van der Waals surface area contributed by atoms with Crippen molar-refractivity contribution in [3.63, 3.8) is 0 Å². The summed E-state index contributed by atoms with van der Waals surface area (Å²) >= 11 is 4.71. The second-order valence-electron chi connectivity index (χ2n) is 8.11. The first-order chi connectivity index (χ1) is 18.4. The van der Waals surface area contributed by atoms with E-state index in [2.05, 4.69) is 31.5 Å². The average Bonchev–Trinajstić information content (AvgIpc) is 3.53. The van der Waals surface area contributed by atoms with Crippen molar-refractivity contribution in [3.05, 3.63) is 107 Å². The van der Waals surface area contributed by atoms with Crippen LogP contribution in [-0.2, 0) is 29.5 Å². The zero-order valence-corrected chi connectivity index (χ0v) is 27.4. The van der Waals surface area contributed by atoms with Crippen LogP contribution in [0.2, 0.25) is 0 Å². The van der Waals surface area contributed by atoms with E-state index in [-0.39, 0.29) is 19.5 Å². The third-order valence-corrected chi connectivity index (χ3v) is 8.36. The van der Waals surface area contributed by atoms with Crippen LogP contribution in [0.15, 0.2) is 97.1 Å². The number of para-hydroxylation sites is 2. The van der Waals surface area contributed by atoms with Crippen LogP contribution in [0, 0.1) is 0 Å². The predicted molar refractivity (Wildman–Crippen MR) is 165 cm³/mol. The van der Waals surface area contributed by atoms with Gasteiger partial charge in [-0.05, 0) is 41.6 Å². The molecule has 0 atom stereocenters. The Bertz CT molecular complexity index is 1750. The van der Waals surface area contributed by atoms with Crippen molar-refractivity contribution in [2.75, 3.05) is 12.5 Å². The molecule has 6 rings (SSSR count). The zero-order chi connectivity index (χ0) is 26.5. The van der Waals surface area contributed by atoms with E-state index in [9.17, 15) is 8.42 Å². The molecule has 192 valence electrons. The second-order valence-corrected chi connectivity index (χ2v) is 12.4. The van der Waals surface area contributed by atoms with E-state index in [4.69, 9.17) is 0 Å². The first-order valence-corrected chi connectivity index (χ1v) is 16.1. The molecule has 0 saturated heterocycles. The minimum atomic E-state index is -3.44. The average molecular weight is 640 g/mol. The molecule has 4 aromatic carbocycles. The van der Waals surface area contributed by atoms with Crippen LogP contribution in [0.4, 0.5) is 11.4 Å². The fraction of sp³-hybridized carbons (Fsp3) is 0.0714. The summed E-state index contributed by atoms with van der Waals surface area (Å²) in [6, 6.07) is 31.3. The minimum Gasteiger partial charge on any atom is -0.631 e. The molecule has 6 aromatic rings. The second kappa shape index (κ2) is 13.0. The van der Waals surface area contributed by atoms with Gasteiger partial charge in [-0.25, -0.2) is 18.4 Å². The number of nitrogens with zero attached hydrogens (tertiary/aromatic N) is 4. The van der Waals surface area contributed by atoms with Gasteiger partial charge >= 0.3 is 19.5 Å². The molecule has 2 aromatic heterocycles. The van der Waals surface area contributed by atoms with Crippen molar-refractivity contribution < 1.29 is 27.9 Å². The van der Waals surface area contributed by atoms with Crippen LogP contribution in [-0.4, -0.2) is 30.9 Å². The van der Waals surface area contributed by atoms with E-state index in [1.54, 1.807) is 23.5 Å². The summed E-state index contributed by atoms with van der Waals surface area (Å²) in [6.07, 6.45) is 3.05. The van der Waals surface area contributed by atoms with Crippen molar-refractivity contribution in [2.45, 2.75) is 0 Å². The van der Waals surface area contributed by atoms with Gasteiger partial charge in [0.05, 0.1) is 30.5 Å². The first-order valence-electron chi connectivity index (χ1n) is 11.5. The summed E-state index contributed by atoms with van der Waals surface area (Å²) in [5.41, 5.74) is 5.21. The van der Waals surface area contributed by atoms with Gasteiger partial charge < -0.3 is 9.44 Å². The Hall–Kier alpha value is -2.82. The quantitative estimate of drug-likeness (QED) is 0.134. The molecule has 6 nitrogen and oxygen atoms in total. The summed E-state index contributed by atoms with van der Waals surface area (Å²) in [5.74, 6) is 0. The molecule has 0 radical (unpaired) electrons. The van der Waals surface area contributed by atoms with Crippen molar-refractivity contribution >= 4 is 76.5 Å². The Morgan fingerprint density at radius 3 is 1.59 bits per heavy atom. The molecule has 0 amide bonds. The van der Waals surface area contributed by atoms with E-state index in [0.29, 0.717) is 5.69 Å². The molecule has 0 N–H and O–H groups in total. The smallest absolute Gasteiger partial charge is 0.631 e. The number of hydrogen-bond donors (Lipinski definition) is 0. The molecular formula is C28H22N4O2S4Zn. The molecule has 0 bridgehead atoms. The van der Waals surface area contributed by atoms with E-state index >= 15 is 0 Å². The van der Waals surface area contributed by atoms with E-state index < -0.39 is 10.0 Å². The number of fused-ring (bicyclic) bond motifs is 2. The van der Waals surface area contributed by atoms with E-state index in [0.717, 1.165) is 48.8 Å². The molecular weight excluding hydrogens is 618 g/mol. The molecule has 0 spiro atoms. The maximum atomic E-state index is 11.4. The third-order valence-electron chi connectivity index (χ3n) is 5.31. The van der Waals surface area contributed by atoms with E-state index in [1.807, 2.05) is 79.1 Å². The number of sulfonamides is 1. The Labute approximate surface area is 252 Å². The van der Waals surface area contributed by atoms with Gasteiger partial charge in [-0.3, -0.25) is 11.9 Å². The van der Waals surface area contributed by atoms with Gasteiger partial charge in [0, 0.05) is 6.26 Å². The zero-order valence-electron chi connectivity index (χ0n) is 21.2. The van der Waals surface area contributed by atoms with Gasteiger partial charge in [0.1, 0.15) is 10.0 Å². The van der Waals surface area contributed by atoms with Gasteiger partial charge in [-0.2, -0.15) is 0 Å². The van der Waals surface area contributed by atoms with Crippen molar-refractivity contribution in [1.82, 2.24) is 9.97 Å². The Kier molecular flexibility index (Phi) is 9.74. The number of hydrogen-bond acceptors (Lipinski definition) is 7. The largest absolute Gasteiger partial charge is 2.00 e. The standard InChI is InChI=1S/C14H11N2O2S2.C14H11N2S2.Zn/c1-20(17,18)16-11-7-3-2-6-10(11)14-15-12-8-4-5-9-13(12)19-14;1-17-16-11-7-3-2-6-10(11)14-15-12-8-4-5-9-13(12)18-14;/h2-9H,1H3;2-9H,1H3;/q2*-1;+2. The van der Waals surface area contributed by atoms with Gasteiger partial charge in [0.25, 0.3) is 0 Å². The van der Waals surface area contributed by atoms with Gasteiger partial charge in [-0.15, -0.1) is 34.0 Å². The van der Waals surface area contributed by atoms with Crippen LogP contribution in [0.25, 0.3) is 51.0 Å². The molecule has 39 heavy (non-hydrogen) atoms. The molecule has 0 saturated carbocycles. The third kappa shape index (κ3) is 7.23. The summed E-state index contributed by atoms with van der Waals surface area (Å²) in [4.78, 5) is 9.21. The molecule has 0 aliphatic carbocycles. The number of rotatable bonds is 6.